The molecule has 178 valence electrons. The van der Waals surface area contributed by atoms with Crippen molar-refractivity contribution in [1.82, 2.24) is 10.2 Å². The third kappa shape index (κ3) is 3.73. The van der Waals surface area contributed by atoms with Gasteiger partial charge in [0.25, 0.3) is 0 Å². The molecule has 2 aromatic carbocycles. The molecule has 1 aliphatic carbocycles. The van der Waals surface area contributed by atoms with Crippen molar-refractivity contribution in [1.29, 1.82) is 0 Å². The van der Waals surface area contributed by atoms with E-state index in [4.69, 9.17) is 4.74 Å². The summed E-state index contributed by atoms with van der Waals surface area (Å²) in [6.07, 6.45) is 1.55. The van der Waals surface area contributed by atoms with Crippen molar-refractivity contribution in [3.8, 4) is 11.1 Å². The van der Waals surface area contributed by atoms with Crippen molar-refractivity contribution in [2.45, 2.75) is 57.2 Å². The molecule has 2 fully saturated rings. The number of amides is 2. The highest BCUT2D eigenvalue weighted by atomic mass is 16.5. The average molecular weight is 463 g/mol. The van der Waals surface area contributed by atoms with Crippen LogP contribution < -0.4 is 5.32 Å². The molecule has 7 nitrogen and oxygen atoms in total. The van der Waals surface area contributed by atoms with E-state index >= 15 is 0 Å². The average Bonchev–Trinajstić information content (AvgIpc) is 3.51. The standard InChI is InChI=1S/C27H30N2O5/c1-15(25(30)29-17-11-12-24(29)22(13-17)26(31)32)16(2)28-27(33)34-14-23-20-9-5-3-7-18(20)19-8-4-6-10-21(19)23/h3-10,15-17,22-24H,11-14H2,1-2H3,(H,28,33)(H,31,32)/t15?,16?,17-,22+,24+/m1/s1. The first kappa shape index (κ1) is 22.4. The number of carbonyl (C=O) groups is 3. The van der Waals surface area contributed by atoms with Gasteiger partial charge in [0.2, 0.25) is 5.91 Å². The van der Waals surface area contributed by atoms with Gasteiger partial charge in [-0.2, -0.15) is 0 Å². The molecule has 2 amide bonds. The first-order valence-corrected chi connectivity index (χ1v) is 12.0. The van der Waals surface area contributed by atoms with E-state index in [9.17, 15) is 19.5 Å². The number of carboxylic acids is 1. The number of hydrogen-bond acceptors (Lipinski definition) is 4. The molecule has 2 saturated heterocycles. The highest BCUT2D eigenvalue weighted by molar-refractivity contribution is 5.83. The lowest BCUT2D eigenvalue weighted by Crippen LogP contribution is -2.48. The van der Waals surface area contributed by atoms with Crippen LogP contribution in [0.3, 0.4) is 0 Å². The molecule has 5 rings (SSSR count). The van der Waals surface area contributed by atoms with Crippen molar-refractivity contribution >= 4 is 18.0 Å². The van der Waals surface area contributed by atoms with Crippen LogP contribution >= 0.6 is 0 Å². The van der Waals surface area contributed by atoms with Gasteiger partial charge in [-0.15, -0.1) is 0 Å². The maximum Gasteiger partial charge on any atom is 0.407 e. The first-order chi connectivity index (χ1) is 16.4. The van der Waals surface area contributed by atoms with Crippen LogP contribution in [-0.2, 0) is 14.3 Å². The molecule has 2 N–H and O–H groups in total. The maximum atomic E-state index is 13.2. The highest BCUT2D eigenvalue weighted by Crippen LogP contribution is 2.45. The van der Waals surface area contributed by atoms with Gasteiger partial charge in [-0.05, 0) is 48.4 Å². The van der Waals surface area contributed by atoms with E-state index in [0.717, 1.165) is 24.0 Å². The van der Waals surface area contributed by atoms with Gasteiger partial charge in [-0.3, -0.25) is 9.59 Å². The number of alkyl carbamates (subject to hydrolysis) is 1. The molecule has 2 aromatic rings. The largest absolute Gasteiger partial charge is 0.481 e. The Morgan fingerprint density at radius 3 is 2.24 bits per heavy atom. The van der Waals surface area contributed by atoms with E-state index in [-0.39, 0.29) is 30.5 Å². The van der Waals surface area contributed by atoms with Crippen molar-refractivity contribution < 1.29 is 24.2 Å². The predicted octanol–water partition coefficient (Wildman–Crippen LogP) is 4.01. The molecule has 0 spiro atoms. The predicted molar refractivity (Wildman–Crippen MR) is 126 cm³/mol. The minimum atomic E-state index is -0.831. The van der Waals surface area contributed by atoms with Crippen molar-refractivity contribution in [2.24, 2.45) is 11.8 Å². The summed E-state index contributed by atoms with van der Waals surface area (Å²) < 4.78 is 5.62. The Balaban J connectivity index is 1.19. The summed E-state index contributed by atoms with van der Waals surface area (Å²) in [5.74, 6) is -1.91. The van der Waals surface area contributed by atoms with Crippen molar-refractivity contribution in [2.75, 3.05) is 6.61 Å². The van der Waals surface area contributed by atoms with Crippen LogP contribution in [0.4, 0.5) is 4.79 Å². The van der Waals surface area contributed by atoms with Crippen LogP contribution in [0.2, 0.25) is 0 Å². The molecule has 3 aliphatic rings. The number of aliphatic carboxylic acids is 1. The summed E-state index contributed by atoms with van der Waals surface area (Å²) in [5, 5.41) is 12.3. The van der Waals surface area contributed by atoms with Crippen LogP contribution in [0.15, 0.2) is 48.5 Å². The Morgan fingerprint density at radius 1 is 1.03 bits per heavy atom. The van der Waals surface area contributed by atoms with Crippen LogP contribution in [0.5, 0.6) is 0 Å². The Bertz CT molecular complexity index is 1090. The third-order valence-electron chi connectivity index (χ3n) is 7.94. The minimum Gasteiger partial charge on any atom is -0.481 e. The lowest BCUT2D eigenvalue weighted by atomic mass is 9.89. The number of rotatable bonds is 6. The van der Waals surface area contributed by atoms with Gasteiger partial charge < -0.3 is 20.1 Å². The molecule has 2 heterocycles. The fraction of sp³-hybridized carbons (Fsp3) is 0.444. The van der Waals surface area contributed by atoms with Gasteiger partial charge in [0.05, 0.1) is 11.8 Å². The molecule has 34 heavy (non-hydrogen) atoms. The lowest BCUT2D eigenvalue weighted by Gasteiger charge is -2.29. The summed E-state index contributed by atoms with van der Waals surface area (Å²) in [6.45, 7) is 3.78. The second-order valence-electron chi connectivity index (χ2n) is 9.77. The Labute approximate surface area is 199 Å². The van der Waals surface area contributed by atoms with Crippen LogP contribution in [0.1, 0.15) is 50.2 Å². The summed E-state index contributed by atoms with van der Waals surface area (Å²) in [6, 6.07) is 15.6. The van der Waals surface area contributed by atoms with Gasteiger partial charge >= 0.3 is 12.1 Å². The number of benzene rings is 2. The molecular formula is C27H30N2O5. The molecular weight excluding hydrogens is 432 g/mol. The Hall–Kier alpha value is -3.35. The second kappa shape index (κ2) is 8.78. The van der Waals surface area contributed by atoms with E-state index in [2.05, 4.69) is 29.6 Å². The molecule has 0 aromatic heterocycles. The monoisotopic (exact) mass is 462 g/mol. The number of hydrogen-bond donors (Lipinski definition) is 2. The summed E-state index contributed by atoms with van der Waals surface area (Å²) in [4.78, 5) is 39.1. The number of carboxylic acid groups (broad SMARTS) is 1. The zero-order chi connectivity index (χ0) is 24.0. The van der Waals surface area contributed by atoms with Gasteiger partial charge in [0, 0.05) is 24.0 Å². The Morgan fingerprint density at radius 2 is 1.65 bits per heavy atom. The summed E-state index contributed by atoms with van der Waals surface area (Å²) in [5.41, 5.74) is 4.62. The highest BCUT2D eigenvalue weighted by Gasteiger charge is 2.52. The molecule has 0 radical (unpaired) electrons. The zero-order valence-electron chi connectivity index (χ0n) is 19.4. The van der Waals surface area contributed by atoms with Gasteiger partial charge in [0.1, 0.15) is 6.61 Å². The molecule has 2 bridgehead atoms. The van der Waals surface area contributed by atoms with Crippen molar-refractivity contribution in [3.63, 3.8) is 0 Å². The molecule has 7 heteroatoms. The fourth-order valence-corrected chi connectivity index (χ4v) is 6.00. The topological polar surface area (TPSA) is 95.9 Å². The van der Waals surface area contributed by atoms with E-state index < -0.39 is 29.9 Å². The fourth-order valence-electron chi connectivity index (χ4n) is 6.00. The molecule has 5 atom stereocenters. The molecule has 2 aliphatic heterocycles. The SMILES string of the molecule is CC(NC(=O)OCC1c2ccccc2-c2ccccc21)C(C)C(=O)N1[C@@H]2CC[C@H]1[C@@H](C(=O)O)C2. The lowest BCUT2D eigenvalue weighted by molar-refractivity contribution is -0.143. The van der Waals surface area contributed by atoms with Crippen LogP contribution in [-0.4, -0.2) is 52.7 Å². The van der Waals surface area contributed by atoms with Crippen LogP contribution in [0, 0.1) is 11.8 Å². The summed E-state index contributed by atoms with van der Waals surface area (Å²) >= 11 is 0. The van der Waals surface area contributed by atoms with E-state index in [1.807, 2.05) is 24.3 Å². The number of carbonyl (C=O) groups excluding carboxylic acids is 2. The quantitative estimate of drug-likeness (QED) is 0.676. The van der Waals surface area contributed by atoms with Gasteiger partial charge in [-0.1, -0.05) is 55.5 Å². The number of ether oxygens (including phenoxy) is 1. The second-order valence-corrected chi connectivity index (χ2v) is 9.77. The molecule has 0 saturated carbocycles. The van der Waals surface area contributed by atoms with E-state index in [1.54, 1.807) is 18.7 Å². The van der Waals surface area contributed by atoms with Gasteiger partial charge in [-0.25, -0.2) is 4.79 Å². The number of nitrogens with zero attached hydrogens (tertiary/aromatic N) is 1. The summed E-state index contributed by atoms with van der Waals surface area (Å²) in [7, 11) is 0. The third-order valence-corrected chi connectivity index (χ3v) is 7.94. The first-order valence-electron chi connectivity index (χ1n) is 12.0. The number of fused-ring (bicyclic) bond motifs is 5. The number of nitrogens with one attached hydrogen (secondary N) is 1. The van der Waals surface area contributed by atoms with Crippen LogP contribution in [0.25, 0.3) is 11.1 Å². The van der Waals surface area contributed by atoms with E-state index in [0.29, 0.717) is 6.42 Å². The normalized spacial score (nSPS) is 24.3. The Kier molecular flexibility index (Phi) is 5.80. The van der Waals surface area contributed by atoms with Gasteiger partial charge in [0.15, 0.2) is 0 Å². The van der Waals surface area contributed by atoms with E-state index in [1.165, 1.54) is 11.1 Å². The zero-order valence-corrected chi connectivity index (χ0v) is 19.4. The maximum absolute atomic E-state index is 13.2. The minimum absolute atomic E-state index is 0.0114. The molecule has 2 unspecified atom stereocenters. The van der Waals surface area contributed by atoms with Crippen molar-refractivity contribution in [3.05, 3.63) is 59.7 Å². The smallest absolute Gasteiger partial charge is 0.407 e.